The number of hydrogen-bond acceptors (Lipinski definition) is 6. The SMILES string of the molecule is O=C(CCn1nnc2ccccc2c1=O)Nc1ccc(-n2cncn2)cc1. The van der Waals surface area contributed by atoms with Gasteiger partial charge in [0.15, 0.2) is 0 Å². The first-order valence-electron chi connectivity index (χ1n) is 8.28. The summed E-state index contributed by atoms with van der Waals surface area (Å²) in [5.74, 6) is -0.217. The molecule has 27 heavy (non-hydrogen) atoms. The van der Waals surface area contributed by atoms with Crippen molar-refractivity contribution in [3.05, 3.63) is 71.5 Å². The van der Waals surface area contributed by atoms with Crippen LogP contribution in [0.2, 0.25) is 0 Å². The minimum Gasteiger partial charge on any atom is -0.326 e. The standard InChI is InChI=1S/C18H15N7O2/c26-17(21-13-5-7-14(8-6-13)25-12-19-11-20-25)9-10-24-18(27)15-3-1-2-4-16(15)22-23-24/h1-8,11-12H,9-10H2,(H,21,26). The first-order chi connectivity index (χ1) is 13.2. The number of anilines is 1. The molecule has 4 aromatic rings. The number of benzene rings is 2. The van der Waals surface area contributed by atoms with Crippen molar-refractivity contribution >= 4 is 22.5 Å². The van der Waals surface area contributed by atoms with Crippen LogP contribution < -0.4 is 10.9 Å². The Kier molecular flexibility index (Phi) is 4.40. The number of aryl methyl sites for hydroxylation is 1. The predicted molar refractivity (Wildman–Crippen MR) is 98.4 cm³/mol. The zero-order valence-electron chi connectivity index (χ0n) is 14.2. The van der Waals surface area contributed by atoms with Gasteiger partial charge in [-0.25, -0.2) is 14.3 Å². The highest BCUT2D eigenvalue weighted by Crippen LogP contribution is 2.12. The van der Waals surface area contributed by atoms with Crippen LogP contribution in [0.5, 0.6) is 0 Å². The van der Waals surface area contributed by atoms with Crippen molar-refractivity contribution in [3.63, 3.8) is 0 Å². The van der Waals surface area contributed by atoms with Crippen molar-refractivity contribution in [3.8, 4) is 5.69 Å². The van der Waals surface area contributed by atoms with E-state index in [1.165, 1.54) is 11.0 Å². The quantitative estimate of drug-likeness (QED) is 0.576. The van der Waals surface area contributed by atoms with Crippen molar-refractivity contribution in [1.29, 1.82) is 0 Å². The van der Waals surface area contributed by atoms with E-state index < -0.39 is 0 Å². The summed E-state index contributed by atoms with van der Waals surface area (Å²) < 4.78 is 2.83. The molecular formula is C18H15N7O2. The average molecular weight is 361 g/mol. The second kappa shape index (κ2) is 7.16. The predicted octanol–water partition coefficient (Wildman–Crippen LogP) is 1.40. The first-order valence-corrected chi connectivity index (χ1v) is 8.28. The third-order valence-corrected chi connectivity index (χ3v) is 4.01. The summed E-state index contributed by atoms with van der Waals surface area (Å²) >= 11 is 0. The van der Waals surface area contributed by atoms with E-state index in [4.69, 9.17) is 0 Å². The van der Waals surface area contributed by atoms with Gasteiger partial charge >= 0.3 is 0 Å². The molecule has 2 aromatic carbocycles. The Labute approximate surface area is 153 Å². The van der Waals surface area contributed by atoms with Crippen LogP contribution in [0.15, 0.2) is 66.0 Å². The number of nitrogens with one attached hydrogen (secondary N) is 1. The Morgan fingerprint density at radius 1 is 1.07 bits per heavy atom. The first kappa shape index (κ1) is 16.6. The summed E-state index contributed by atoms with van der Waals surface area (Å²) in [4.78, 5) is 28.4. The number of carbonyl (C=O) groups is 1. The van der Waals surface area contributed by atoms with Gasteiger partial charge in [0.05, 0.1) is 17.6 Å². The van der Waals surface area contributed by atoms with E-state index in [2.05, 4.69) is 25.7 Å². The maximum atomic E-state index is 12.4. The fourth-order valence-electron chi connectivity index (χ4n) is 2.64. The lowest BCUT2D eigenvalue weighted by atomic mass is 10.2. The Morgan fingerprint density at radius 3 is 2.67 bits per heavy atom. The van der Waals surface area contributed by atoms with E-state index in [1.54, 1.807) is 47.4 Å². The van der Waals surface area contributed by atoms with Crippen molar-refractivity contribution in [2.24, 2.45) is 0 Å². The Morgan fingerprint density at radius 2 is 1.89 bits per heavy atom. The monoisotopic (exact) mass is 361 g/mol. The molecule has 1 N–H and O–H groups in total. The van der Waals surface area contributed by atoms with Gasteiger partial charge < -0.3 is 5.32 Å². The molecule has 0 aliphatic heterocycles. The molecule has 134 valence electrons. The minimum absolute atomic E-state index is 0.109. The van der Waals surface area contributed by atoms with Crippen LogP contribution in [0, 0.1) is 0 Å². The molecule has 2 aromatic heterocycles. The molecular weight excluding hydrogens is 346 g/mol. The summed E-state index contributed by atoms with van der Waals surface area (Å²) in [6.45, 7) is 0.152. The Hall–Kier alpha value is -3.88. The molecule has 0 spiro atoms. The maximum absolute atomic E-state index is 12.4. The van der Waals surface area contributed by atoms with Crippen molar-refractivity contribution < 1.29 is 4.79 Å². The van der Waals surface area contributed by atoms with Gasteiger partial charge in [0, 0.05) is 12.1 Å². The molecule has 4 rings (SSSR count). The highest BCUT2D eigenvalue weighted by molar-refractivity contribution is 5.90. The maximum Gasteiger partial charge on any atom is 0.277 e. The topological polar surface area (TPSA) is 108 Å². The number of carbonyl (C=O) groups excluding carboxylic acids is 1. The molecule has 2 heterocycles. The van der Waals surface area contributed by atoms with E-state index in [0.29, 0.717) is 16.6 Å². The van der Waals surface area contributed by atoms with Crippen molar-refractivity contribution in [2.75, 3.05) is 5.32 Å². The van der Waals surface area contributed by atoms with Gasteiger partial charge in [-0.05, 0) is 36.4 Å². The molecule has 9 heteroatoms. The van der Waals surface area contributed by atoms with Gasteiger partial charge in [-0.1, -0.05) is 17.3 Å². The average Bonchev–Trinajstić information content (AvgIpc) is 3.23. The van der Waals surface area contributed by atoms with Gasteiger partial charge in [0.2, 0.25) is 5.91 Å². The van der Waals surface area contributed by atoms with E-state index in [-0.39, 0.29) is 24.4 Å². The molecule has 0 saturated heterocycles. The zero-order valence-corrected chi connectivity index (χ0v) is 14.2. The molecule has 0 aliphatic rings. The molecule has 0 aliphatic carbocycles. The molecule has 0 atom stereocenters. The zero-order chi connectivity index (χ0) is 18.6. The lowest BCUT2D eigenvalue weighted by Gasteiger charge is -2.07. The molecule has 0 radical (unpaired) electrons. The summed E-state index contributed by atoms with van der Waals surface area (Å²) in [7, 11) is 0. The van der Waals surface area contributed by atoms with E-state index >= 15 is 0 Å². The van der Waals surface area contributed by atoms with Gasteiger partial charge in [0.1, 0.15) is 18.2 Å². The highest BCUT2D eigenvalue weighted by Gasteiger charge is 2.08. The summed E-state index contributed by atoms with van der Waals surface area (Å²) in [6, 6.07) is 14.2. The highest BCUT2D eigenvalue weighted by atomic mass is 16.2. The third-order valence-electron chi connectivity index (χ3n) is 4.01. The summed E-state index contributed by atoms with van der Waals surface area (Å²) in [5.41, 5.74) is 1.77. The fraction of sp³-hybridized carbons (Fsp3) is 0.111. The second-order valence-corrected chi connectivity index (χ2v) is 5.82. The summed E-state index contributed by atoms with van der Waals surface area (Å²) in [6.07, 6.45) is 3.15. The van der Waals surface area contributed by atoms with Gasteiger partial charge in [-0.3, -0.25) is 9.59 Å². The number of hydrogen-bond donors (Lipinski definition) is 1. The lowest BCUT2D eigenvalue weighted by molar-refractivity contribution is -0.116. The third kappa shape index (κ3) is 3.56. The van der Waals surface area contributed by atoms with Crippen LogP contribution in [-0.2, 0) is 11.3 Å². The molecule has 0 bridgehead atoms. The smallest absolute Gasteiger partial charge is 0.277 e. The second-order valence-electron chi connectivity index (χ2n) is 5.82. The number of rotatable bonds is 5. The van der Waals surface area contributed by atoms with Crippen LogP contribution in [-0.4, -0.2) is 35.7 Å². The normalized spacial score (nSPS) is 10.8. The van der Waals surface area contributed by atoms with E-state index in [9.17, 15) is 9.59 Å². The van der Waals surface area contributed by atoms with Gasteiger partial charge in [-0.15, -0.1) is 5.10 Å². The van der Waals surface area contributed by atoms with E-state index in [0.717, 1.165) is 5.69 Å². The minimum atomic E-state index is -0.259. The number of amides is 1. The number of nitrogens with zero attached hydrogens (tertiary/aromatic N) is 6. The summed E-state index contributed by atoms with van der Waals surface area (Å²) in [5, 5.41) is 15.2. The van der Waals surface area contributed by atoms with Crippen LogP contribution in [0.25, 0.3) is 16.6 Å². The van der Waals surface area contributed by atoms with Gasteiger partial charge in [0.25, 0.3) is 5.56 Å². The van der Waals surface area contributed by atoms with Crippen LogP contribution in [0.4, 0.5) is 5.69 Å². The number of fused-ring (bicyclic) bond motifs is 1. The molecule has 0 saturated carbocycles. The Balaban J connectivity index is 1.40. The largest absolute Gasteiger partial charge is 0.326 e. The molecule has 9 nitrogen and oxygen atoms in total. The number of aromatic nitrogens is 6. The van der Waals surface area contributed by atoms with Crippen molar-refractivity contribution in [1.82, 2.24) is 29.8 Å². The van der Waals surface area contributed by atoms with Gasteiger partial charge in [-0.2, -0.15) is 5.10 Å². The molecule has 0 unspecified atom stereocenters. The van der Waals surface area contributed by atoms with Crippen LogP contribution >= 0.6 is 0 Å². The lowest BCUT2D eigenvalue weighted by Crippen LogP contribution is -2.26. The molecule has 0 fully saturated rings. The Bertz CT molecular complexity index is 1130. The molecule has 1 amide bonds. The fourth-order valence-corrected chi connectivity index (χ4v) is 2.64. The van der Waals surface area contributed by atoms with Crippen molar-refractivity contribution in [2.45, 2.75) is 13.0 Å². The van der Waals surface area contributed by atoms with Crippen LogP contribution in [0.3, 0.4) is 0 Å². The van der Waals surface area contributed by atoms with E-state index in [1.807, 2.05) is 12.1 Å². The van der Waals surface area contributed by atoms with Crippen LogP contribution in [0.1, 0.15) is 6.42 Å².